The van der Waals surface area contributed by atoms with Gasteiger partial charge in [0.2, 0.25) is 5.82 Å². The fourth-order valence-corrected chi connectivity index (χ4v) is 6.38. The normalized spacial score (nSPS) is 24.3. The number of halogens is 1. The molecule has 6 heteroatoms. The van der Waals surface area contributed by atoms with Gasteiger partial charge in [-0.25, -0.2) is 4.98 Å². The molecule has 1 N–H and O–H groups in total. The van der Waals surface area contributed by atoms with E-state index in [-0.39, 0.29) is 17.9 Å². The zero-order chi connectivity index (χ0) is 24.0. The number of fused-ring (bicyclic) bond motifs is 2. The number of carbonyl (C=O) groups is 1. The predicted octanol–water partition coefficient (Wildman–Crippen LogP) is 5.95. The summed E-state index contributed by atoms with van der Waals surface area (Å²) in [5.74, 6) is 0.339. The van der Waals surface area contributed by atoms with Crippen LogP contribution in [0.1, 0.15) is 48.3 Å². The quantitative estimate of drug-likeness (QED) is 0.390. The van der Waals surface area contributed by atoms with E-state index >= 15 is 0 Å². The molecule has 1 aliphatic heterocycles. The van der Waals surface area contributed by atoms with Crippen molar-refractivity contribution in [2.75, 3.05) is 6.54 Å². The lowest BCUT2D eigenvalue weighted by Crippen LogP contribution is -2.59. The molecule has 0 radical (unpaired) electrons. The number of carbonyl (C=O) groups excluding carboxylic acids is 1. The summed E-state index contributed by atoms with van der Waals surface area (Å²) in [5.41, 5.74) is 2.54. The number of aromatic nitrogens is 2. The summed E-state index contributed by atoms with van der Waals surface area (Å²) in [4.78, 5) is 20.9. The molecule has 1 saturated heterocycles. The van der Waals surface area contributed by atoms with Crippen LogP contribution in [0, 0.1) is 5.92 Å². The molecule has 2 aliphatic rings. The summed E-state index contributed by atoms with van der Waals surface area (Å²) in [6.45, 7) is 0.500. The smallest absolute Gasteiger partial charge is 0.290 e. The van der Waals surface area contributed by atoms with E-state index in [1.807, 2.05) is 88.3 Å². The second kappa shape index (κ2) is 8.81. The molecule has 35 heavy (non-hydrogen) atoms. The fourth-order valence-electron chi connectivity index (χ4n) is 6.19. The van der Waals surface area contributed by atoms with Crippen LogP contribution in [0.5, 0.6) is 0 Å². The first-order chi connectivity index (χ1) is 17.1. The Morgan fingerprint density at radius 2 is 1.80 bits per heavy atom. The Balaban J connectivity index is 1.39. The Hall–Kier alpha value is -3.15. The van der Waals surface area contributed by atoms with E-state index in [0.29, 0.717) is 23.8 Å². The molecule has 3 atom stereocenters. The van der Waals surface area contributed by atoms with E-state index in [0.717, 1.165) is 48.0 Å². The fraction of sp³-hybridized carbons (Fsp3) is 0.310. The number of rotatable bonds is 3. The minimum atomic E-state index is -0.913. The Kier molecular flexibility index (Phi) is 5.62. The van der Waals surface area contributed by atoms with Crippen LogP contribution in [0.3, 0.4) is 0 Å². The van der Waals surface area contributed by atoms with E-state index in [9.17, 15) is 9.90 Å². The van der Waals surface area contributed by atoms with Gasteiger partial charge in [0.25, 0.3) is 5.91 Å². The molecule has 1 aliphatic carbocycles. The summed E-state index contributed by atoms with van der Waals surface area (Å²) in [7, 11) is 0. The largest absolute Gasteiger partial charge is 0.385 e. The average molecular weight is 486 g/mol. The lowest BCUT2D eigenvalue weighted by Gasteiger charge is -2.52. The zero-order valence-electron chi connectivity index (χ0n) is 19.5. The number of pyridine rings is 1. The minimum absolute atomic E-state index is 0.00924. The number of hydrogen-bond donors (Lipinski definition) is 1. The third-order valence-electron chi connectivity index (χ3n) is 7.85. The molecule has 5 nitrogen and oxygen atoms in total. The number of amides is 1. The molecule has 3 unspecified atom stereocenters. The van der Waals surface area contributed by atoms with Crippen LogP contribution in [0.15, 0.2) is 79.0 Å². The van der Waals surface area contributed by atoms with Crippen molar-refractivity contribution >= 4 is 23.0 Å². The molecule has 0 bridgehead atoms. The highest BCUT2D eigenvalue weighted by molar-refractivity contribution is 6.30. The van der Waals surface area contributed by atoms with Crippen LogP contribution in [0.4, 0.5) is 0 Å². The summed E-state index contributed by atoms with van der Waals surface area (Å²) in [6.07, 6.45) is 6.36. The Labute approximate surface area is 210 Å². The molecule has 1 amide bonds. The second-order valence-corrected chi connectivity index (χ2v) is 10.2. The van der Waals surface area contributed by atoms with Crippen LogP contribution in [-0.4, -0.2) is 37.9 Å². The van der Waals surface area contributed by atoms with Gasteiger partial charge in [0.15, 0.2) is 0 Å². The van der Waals surface area contributed by atoms with Crippen molar-refractivity contribution in [3.63, 3.8) is 0 Å². The SMILES string of the molecule is O=C(c1nc(-c2cccc(Cl)c2)c2ccccn12)N1CCC(O)(c2ccccc2)C2CCCCC21. The highest BCUT2D eigenvalue weighted by atomic mass is 35.5. The van der Waals surface area contributed by atoms with Gasteiger partial charge < -0.3 is 10.0 Å². The molecule has 2 fully saturated rings. The number of likely N-dealkylation sites (tertiary alicyclic amines) is 1. The van der Waals surface area contributed by atoms with Crippen LogP contribution >= 0.6 is 11.6 Å². The number of nitrogens with zero attached hydrogens (tertiary/aromatic N) is 3. The lowest BCUT2D eigenvalue weighted by atomic mass is 9.66. The zero-order valence-corrected chi connectivity index (χ0v) is 20.2. The molecule has 1 saturated carbocycles. The molecule has 3 heterocycles. The second-order valence-electron chi connectivity index (χ2n) is 9.75. The molecular formula is C29H28ClN3O2. The predicted molar refractivity (Wildman–Crippen MR) is 137 cm³/mol. The van der Waals surface area contributed by atoms with Gasteiger partial charge in [-0.05, 0) is 49.1 Å². The number of piperidine rings is 1. The highest BCUT2D eigenvalue weighted by Gasteiger charge is 2.50. The van der Waals surface area contributed by atoms with Gasteiger partial charge in [0, 0.05) is 35.3 Å². The first-order valence-corrected chi connectivity index (χ1v) is 12.8. The van der Waals surface area contributed by atoms with E-state index in [1.165, 1.54) is 0 Å². The van der Waals surface area contributed by atoms with Gasteiger partial charge in [-0.1, -0.05) is 73.0 Å². The molecule has 178 valence electrons. The lowest BCUT2D eigenvalue weighted by molar-refractivity contribution is -0.110. The maximum Gasteiger partial charge on any atom is 0.290 e. The van der Waals surface area contributed by atoms with Crippen molar-refractivity contribution in [2.24, 2.45) is 5.92 Å². The molecule has 2 aromatic carbocycles. The van der Waals surface area contributed by atoms with Crippen LogP contribution in [0.25, 0.3) is 16.8 Å². The number of benzene rings is 2. The maximum atomic E-state index is 14.1. The van der Waals surface area contributed by atoms with E-state index < -0.39 is 5.60 Å². The highest BCUT2D eigenvalue weighted by Crippen LogP contribution is 2.47. The topological polar surface area (TPSA) is 57.8 Å². The standard InChI is InChI=1S/C29H28ClN3O2/c30-22-12-8-9-20(19-22)26-25-15-6-7-17-32(25)27(31-26)28(34)33-18-16-29(35,21-10-2-1-3-11-21)23-13-4-5-14-24(23)33/h1-3,6-12,15,17,19,23-24,35H,4-5,13-14,16,18H2. The summed E-state index contributed by atoms with van der Waals surface area (Å²) in [6, 6.07) is 23.4. The van der Waals surface area contributed by atoms with E-state index in [1.54, 1.807) is 0 Å². The van der Waals surface area contributed by atoms with Crippen molar-refractivity contribution in [1.29, 1.82) is 0 Å². The maximum absolute atomic E-state index is 14.1. The molecule has 0 spiro atoms. The van der Waals surface area contributed by atoms with Crippen molar-refractivity contribution in [2.45, 2.75) is 43.7 Å². The molecule has 2 aromatic heterocycles. The Morgan fingerprint density at radius 1 is 1.00 bits per heavy atom. The first kappa shape index (κ1) is 22.3. The summed E-state index contributed by atoms with van der Waals surface area (Å²) in [5, 5.41) is 12.5. The van der Waals surface area contributed by atoms with Crippen molar-refractivity contribution < 1.29 is 9.90 Å². The molecule has 4 aromatic rings. The summed E-state index contributed by atoms with van der Waals surface area (Å²) < 4.78 is 1.88. The van der Waals surface area contributed by atoms with Crippen LogP contribution in [0.2, 0.25) is 5.02 Å². The number of imidazole rings is 1. The van der Waals surface area contributed by atoms with Gasteiger partial charge in [-0.3, -0.25) is 9.20 Å². The monoisotopic (exact) mass is 485 g/mol. The number of aliphatic hydroxyl groups is 1. The van der Waals surface area contributed by atoms with Crippen molar-refractivity contribution in [3.05, 3.63) is 95.4 Å². The van der Waals surface area contributed by atoms with Crippen LogP contribution in [-0.2, 0) is 5.60 Å². The third-order valence-corrected chi connectivity index (χ3v) is 8.08. The van der Waals surface area contributed by atoms with E-state index in [4.69, 9.17) is 16.6 Å². The minimum Gasteiger partial charge on any atom is -0.385 e. The first-order valence-electron chi connectivity index (χ1n) is 12.4. The molecular weight excluding hydrogens is 458 g/mol. The third kappa shape index (κ3) is 3.74. The Morgan fingerprint density at radius 3 is 2.63 bits per heavy atom. The van der Waals surface area contributed by atoms with Gasteiger partial charge >= 0.3 is 0 Å². The van der Waals surface area contributed by atoms with Gasteiger partial charge in [0.1, 0.15) is 0 Å². The van der Waals surface area contributed by atoms with Crippen molar-refractivity contribution in [1.82, 2.24) is 14.3 Å². The average Bonchev–Trinajstić information content (AvgIpc) is 3.29. The van der Waals surface area contributed by atoms with Crippen molar-refractivity contribution in [3.8, 4) is 11.3 Å². The Bertz CT molecular complexity index is 1390. The summed E-state index contributed by atoms with van der Waals surface area (Å²) >= 11 is 6.26. The van der Waals surface area contributed by atoms with Gasteiger partial charge in [0.05, 0.1) is 16.8 Å². The van der Waals surface area contributed by atoms with E-state index in [2.05, 4.69) is 0 Å². The number of hydrogen-bond acceptors (Lipinski definition) is 3. The van der Waals surface area contributed by atoms with Gasteiger partial charge in [-0.15, -0.1) is 0 Å². The van der Waals surface area contributed by atoms with Gasteiger partial charge in [-0.2, -0.15) is 0 Å². The molecule has 6 rings (SSSR count). The van der Waals surface area contributed by atoms with Crippen LogP contribution < -0.4 is 0 Å².